The van der Waals surface area contributed by atoms with Gasteiger partial charge in [0, 0.05) is 30.4 Å². The third-order valence-corrected chi connectivity index (χ3v) is 5.69. The maximum absolute atomic E-state index is 12.1. The summed E-state index contributed by atoms with van der Waals surface area (Å²) in [6.07, 6.45) is 0.849. The van der Waals surface area contributed by atoms with E-state index in [1.54, 1.807) is 6.07 Å². The second-order valence-corrected chi connectivity index (χ2v) is 8.19. The van der Waals surface area contributed by atoms with Gasteiger partial charge < -0.3 is 15.3 Å². The molecule has 0 saturated carbocycles. The lowest BCUT2D eigenvalue weighted by atomic mass is 10.0. The Morgan fingerprint density at radius 1 is 1.03 bits per heavy atom. The zero-order valence-electron chi connectivity index (χ0n) is 17.2. The molecular weight excluding hydrogens is 374 g/mol. The number of pyridine rings is 1. The highest BCUT2D eigenvalue weighted by Crippen LogP contribution is 2.36. The molecule has 4 aromatic rings. The fourth-order valence-electron chi connectivity index (χ4n) is 4.40. The quantitative estimate of drug-likeness (QED) is 0.476. The van der Waals surface area contributed by atoms with Crippen LogP contribution in [0.2, 0.25) is 0 Å². The summed E-state index contributed by atoms with van der Waals surface area (Å²) in [5, 5.41) is 3.59. The Bertz CT molecular complexity index is 1260. The third-order valence-electron chi connectivity index (χ3n) is 5.69. The largest absolute Gasteiger partial charge is 0.378 e. The minimum absolute atomic E-state index is 0.0574. The van der Waals surface area contributed by atoms with E-state index in [9.17, 15) is 4.79 Å². The monoisotopic (exact) mass is 399 g/mol. The molecule has 0 aliphatic carbocycles. The number of hydrogen-bond acceptors (Lipinski definition) is 4. The SMILES string of the molecule is Cc1nc2[nH]c(=O)cc(C3Cc4cc(CN(C)Cc5ccccc5)ccc4N3)c2[nH]1. The highest BCUT2D eigenvalue weighted by molar-refractivity contribution is 5.77. The average molecular weight is 399 g/mol. The maximum atomic E-state index is 12.1. The number of aromatic nitrogens is 3. The van der Waals surface area contributed by atoms with Crippen molar-refractivity contribution in [1.82, 2.24) is 19.9 Å². The summed E-state index contributed by atoms with van der Waals surface area (Å²) in [6, 6.07) is 18.9. The van der Waals surface area contributed by atoms with Gasteiger partial charge in [0.15, 0.2) is 5.65 Å². The Balaban J connectivity index is 1.35. The van der Waals surface area contributed by atoms with Crippen molar-refractivity contribution in [2.45, 2.75) is 32.5 Å². The predicted octanol–water partition coefficient (Wildman–Crippen LogP) is 3.90. The molecule has 6 nitrogen and oxygen atoms in total. The van der Waals surface area contributed by atoms with Crippen molar-refractivity contribution >= 4 is 16.9 Å². The molecule has 1 aliphatic heterocycles. The summed E-state index contributed by atoms with van der Waals surface area (Å²) in [5.41, 5.74) is 7.41. The van der Waals surface area contributed by atoms with E-state index in [1.807, 2.05) is 13.0 Å². The van der Waals surface area contributed by atoms with Crippen LogP contribution in [0.25, 0.3) is 11.2 Å². The molecule has 2 aromatic heterocycles. The van der Waals surface area contributed by atoms with Crippen LogP contribution in [-0.4, -0.2) is 26.9 Å². The summed E-state index contributed by atoms with van der Waals surface area (Å²) >= 11 is 0. The van der Waals surface area contributed by atoms with Crippen LogP contribution in [0.4, 0.5) is 5.69 Å². The van der Waals surface area contributed by atoms with Crippen molar-refractivity contribution in [1.29, 1.82) is 0 Å². The number of nitrogens with one attached hydrogen (secondary N) is 3. The third kappa shape index (κ3) is 3.62. The summed E-state index contributed by atoms with van der Waals surface area (Å²) in [6.45, 7) is 3.71. The molecule has 2 aromatic carbocycles. The van der Waals surface area contributed by atoms with Gasteiger partial charge in [-0.1, -0.05) is 42.5 Å². The highest BCUT2D eigenvalue weighted by atomic mass is 16.1. The van der Waals surface area contributed by atoms with Gasteiger partial charge in [0.05, 0.1) is 11.6 Å². The van der Waals surface area contributed by atoms with Crippen molar-refractivity contribution in [3.63, 3.8) is 0 Å². The van der Waals surface area contributed by atoms with E-state index < -0.39 is 0 Å². The topological polar surface area (TPSA) is 76.8 Å². The van der Waals surface area contributed by atoms with E-state index in [0.717, 1.165) is 42.1 Å². The van der Waals surface area contributed by atoms with E-state index in [-0.39, 0.29) is 11.6 Å². The first kappa shape index (κ1) is 18.6. The zero-order chi connectivity index (χ0) is 20.7. The molecule has 3 N–H and O–H groups in total. The number of H-pyrrole nitrogens is 2. The lowest BCUT2D eigenvalue weighted by Crippen LogP contribution is -2.17. The fourth-order valence-corrected chi connectivity index (χ4v) is 4.40. The van der Waals surface area contributed by atoms with Gasteiger partial charge in [-0.3, -0.25) is 9.69 Å². The summed E-state index contributed by atoms with van der Waals surface area (Å²) in [4.78, 5) is 24.9. The number of aryl methyl sites for hydroxylation is 1. The lowest BCUT2D eigenvalue weighted by molar-refractivity contribution is 0.319. The summed E-state index contributed by atoms with van der Waals surface area (Å²) in [7, 11) is 2.15. The van der Waals surface area contributed by atoms with Crippen molar-refractivity contribution in [2.24, 2.45) is 0 Å². The van der Waals surface area contributed by atoms with Crippen molar-refractivity contribution in [3.8, 4) is 0 Å². The van der Waals surface area contributed by atoms with Gasteiger partial charge in [-0.25, -0.2) is 4.98 Å². The van der Waals surface area contributed by atoms with E-state index in [1.165, 1.54) is 16.7 Å². The number of anilines is 1. The molecule has 0 radical (unpaired) electrons. The molecule has 1 atom stereocenters. The number of benzene rings is 2. The van der Waals surface area contributed by atoms with Crippen molar-refractivity contribution in [3.05, 3.63) is 93.0 Å². The number of fused-ring (bicyclic) bond motifs is 2. The van der Waals surface area contributed by atoms with Gasteiger partial charge in [0.2, 0.25) is 5.56 Å². The van der Waals surface area contributed by atoms with Crippen LogP contribution >= 0.6 is 0 Å². The zero-order valence-corrected chi connectivity index (χ0v) is 17.2. The van der Waals surface area contributed by atoms with Gasteiger partial charge in [-0.2, -0.15) is 0 Å². The Morgan fingerprint density at radius 3 is 2.67 bits per heavy atom. The molecule has 5 rings (SSSR count). The van der Waals surface area contributed by atoms with Crippen LogP contribution in [0, 0.1) is 6.92 Å². The molecule has 0 spiro atoms. The van der Waals surface area contributed by atoms with E-state index in [4.69, 9.17) is 0 Å². The Labute approximate surface area is 175 Å². The second kappa shape index (κ2) is 7.46. The van der Waals surface area contributed by atoms with Crippen LogP contribution in [0.1, 0.15) is 34.1 Å². The van der Waals surface area contributed by atoms with Crippen LogP contribution in [0.3, 0.4) is 0 Å². The molecule has 30 heavy (non-hydrogen) atoms. The lowest BCUT2D eigenvalue weighted by Gasteiger charge is -2.17. The first-order chi connectivity index (χ1) is 14.5. The number of nitrogens with zero attached hydrogens (tertiary/aromatic N) is 2. The highest BCUT2D eigenvalue weighted by Gasteiger charge is 2.25. The van der Waals surface area contributed by atoms with Crippen molar-refractivity contribution < 1.29 is 0 Å². The average Bonchev–Trinajstić information content (AvgIpc) is 3.30. The Morgan fingerprint density at radius 2 is 1.83 bits per heavy atom. The minimum Gasteiger partial charge on any atom is -0.378 e. The predicted molar refractivity (Wildman–Crippen MR) is 120 cm³/mol. The van der Waals surface area contributed by atoms with Crippen molar-refractivity contribution in [2.75, 3.05) is 12.4 Å². The number of rotatable bonds is 5. The number of hydrogen-bond donors (Lipinski definition) is 3. The maximum Gasteiger partial charge on any atom is 0.250 e. The minimum atomic E-state index is -0.120. The molecular formula is C24H25N5O. The van der Waals surface area contributed by atoms with E-state index in [2.05, 4.69) is 74.7 Å². The first-order valence-electron chi connectivity index (χ1n) is 10.3. The van der Waals surface area contributed by atoms with Crippen LogP contribution in [-0.2, 0) is 19.5 Å². The Kier molecular flexibility index (Phi) is 4.64. The molecule has 3 heterocycles. The number of imidazole rings is 1. The van der Waals surface area contributed by atoms with E-state index in [0.29, 0.717) is 5.65 Å². The van der Waals surface area contributed by atoms with Crippen LogP contribution < -0.4 is 10.9 Å². The van der Waals surface area contributed by atoms with Gasteiger partial charge in [-0.15, -0.1) is 0 Å². The van der Waals surface area contributed by atoms with E-state index >= 15 is 0 Å². The smallest absolute Gasteiger partial charge is 0.250 e. The van der Waals surface area contributed by atoms with Gasteiger partial charge >= 0.3 is 0 Å². The first-order valence-corrected chi connectivity index (χ1v) is 10.3. The molecule has 0 bridgehead atoms. The van der Waals surface area contributed by atoms with Gasteiger partial charge in [0.1, 0.15) is 5.82 Å². The van der Waals surface area contributed by atoms with Gasteiger partial charge in [0.25, 0.3) is 0 Å². The molecule has 1 unspecified atom stereocenters. The molecule has 0 saturated heterocycles. The molecule has 1 aliphatic rings. The molecule has 0 amide bonds. The fraction of sp³-hybridized carbons (Fsp3) is 0.250. The number of aromatic amines is 2. The summed E-state index contributed by atoms with van der Waals surface area (Å²) < 4.78 is 0. The molecule has 6 heteroatoms. The Hall–Kier alpha value is -3.38. The second-order valence-electron chi connectivity index (χ2n) is 8.19. The normalized spacial score (nSPS) is 15.5. The summed E-state index contributed by atoms with van der Waals surface area (Å²) in [5.74, 6) is 0.798. The standard InChI is InChI=1S/C24H25N5O/c1-15-25-23-19(12-22(30)28-24(23)26-15)21-11-18-10-17(8-9-20(18)27-21)14-29(2)13-16-6-4-3-5-7-16/h3-10,12,21,27H,11,13-14H2,1-2H3,(H2,25,26,28,30). The molecule has 0 fully saturated rings. The van der Waals surface area contributed by atoms with Crippen LogP contribution in [0.15, 0.2) is 59.4 Å². The van der Waals surface area contributed by atoms with Crippen LogP contribution in [0.5, 0.6) is 0 Å². The van der Waals surface area contributed by atoms with Gasteiger partial charge in [-0.05, 0) is 43.1 Å². The molecule has 152 valence electrons.